The monoisotopic (exact) mass is 328 g/mol. The Hall–Kier alpha value is -1.80. The van der Waals surface area contributed by atoms with E-state index in [1.54, 1.807) is 12.1 Å². The van der Waals surface area contributed by atoms with Crippen molar-refractivity contribution in [3.8, 4) is 5.75 Å². The van der Waals surface area contributed by atoms with Crippen LogP contribution in [0.1, 0.15) is 6.42 Å². The van der Waals surface area contributed by atoms with Gasteiger partial charge in [0.25, 0.3) is 0 Å². The summed E-state index contributed by atoms with van der Waals surface area (Å²) in [5.41, 5.74) is 0. The van der Waals surface area contributed by atoms with Crippen molar-refractivity contribution >= 4 is 15.9 Å². The number of carboxylic acid groups (broad SMARTS) is 1. The molecule has 2 N–H and O–H groups in total. The molecular weight excluding hydrogens is 308 g/mol. The molecule has 0 radical (unpaired) electrons. The van der Waals surface area contributed by atoms with Gasteiger partial charge in [-0.15, -0.1) is 0 Å². The van der Waals surface area contributed by atoms with Crippen LogP contribution in [0.4, 0.5) is 4.79 Å². The minimum atomic E-state index is -3.20. The number of benzene rings is 1. The lowest BCUT2D eigenvalue weighted by atomic mass is 10.1. The zero-order chi connectivity index (χ0) is 16.2. The minimum Gasteiger partial charge on any atom is -0.494 e. The predicted octanol–water partition coefficient (Wildman–Crippen LogP) is 0.811. The van der Waals surface area contributed by atoms with E-state index in [1.807, 2.05) is 0 Å². The van der Waals surface area contributed by atoms with Gasteiger partial charge < -0.3 is 20.1 Å². The van der Waals surface area contributed by atoms with Gasteiger partial charge >= 0.3 is 6.09 Å². The van der Waals surface area contributed by atoms with E-state index in [9.17, 15) is 13.2 Å². The highest BCUT2D eigenvalue weighted by molar-refractivity contribution is 7.90. The van der Waals surface area contributed by atoms with Crippen molar-refractivity contribution in [1.82, 2.24) is 10.2 Å². The third-order valence-electron chi connectivity index (χ3n) is 3.51. The quantitative estimate of drug-likeness (QED) is 0.830. The molecule has 1 aromatic carbocycles. The summed E-state index contributed by atoms with van der Waals surface area (Å²) in [4.78, 5) is 12.6. The summed E-state index contributed by atoms with van der Waals surface area (Å²) in [6, 6.07) is 6.33. The predicted molar refractivity (Wildman–Crippen MR) is 81.1 cm³/mol. The molecule has 0 aliphatic carbocycles. The van der Waals surface area contributed by atoms with E-state index in [0.29, 0.717) is 38.4 Å². The fraction of sp³-hybridized carbons (Fsp3) is 0.500. The maximum atomic E-state index is 11.3. The van der Waals surface area contributed by atoms with E-state index in [1.165, 1.54) is 17.0 Å². The molecule has 1 fully saturated rings. The van der Waals surface area contributed by atoms with E-state index in [0.717, 1.165) is 6.26 Å². The first-order valence-corrected chi connectivity index (χ1v) is 8.89. The standard InChI is InChI=1S/C14H20N2O5S/c1-22(19,20)13-4-2-12(3-5-13)21-9-6-11-10-16(14(17)18)8-7-15-11/h2-5,11,15H,6-10H2,1H3,(H,17,18)/t11-/m1/s1. The topological polar surface area (TPSA) is 95.9 Å². The van der Waals surface area contributed by atoms with Gasteiger partial charge in [0.2, 0.25) is 0 Å². The van der Waals surface area contributed by atoms with Crippen molar-refractivity contribution in [2.75, 3.05) is 32.5 Å². The number of carbonyl (C=O) groups is 1. The lowest BCUT2D eigenvalue weighted by Crippen LogP contribution is -2.52. The minimum absolute atomic E-state index is 0.0696. The van der Waals surface area contributed by atoms with Gasteiger partial charge in [-0.1, -0.05) is 0 Å². The van der Waals surface area contributed by atoms with Crippen LogP contribution >= 0.6 is 0 Å². The summed E-state index contributed by atoms with van der Waals surface area (Å²) in [6.45, 7) is 2.02. The number of nitrogens with one attached hydrogen (secondary N) is 1. The maximum absolute atomic E-state index is 11.3. The van der Waals surface area contributed by atoms with Gasteiger partial charge in [0.05, 0.1) is 11.5 Å². The normalized spacial score (nSPS) is 19.0. The Balaban J connectivity index is 1.80. The number of amides is 1. The average Bonchev–Trinajstić information content (AvgIpc) is 2.47. The van der Waals surface area contributed by atoms with Crippen molar-refractivity contribution in [2.24, 2.45) is 0 Å². The van der Waals surface area contributed by atoms with Crippen LogP contribution in [0.5, 0.6) is 5.75 Å². The van der Waals surface area contributed by atoms with Crippen molar-refractivity contribution < 1.29 is 23.1 Å². The Morgan fingerprint density at radius 3 is 2.68 bits per heavy atom. The first-order valence-electron chi connectivity index (χ1n) is 7.00. The molecule has 22 heavy (non-hydrogen) atoms. The molecule has 0 saturated carbocycles. The first kappa shape index (κ1) is 16.6. The van der Waals surface area contributed by atoms with Gasteiger partial charge in [-0.3, -0.25) is 0 Å². The van der Waals surface area contributed by atoms with Gasteiger partial charge in [0, 0.05) is 31.9 Å². The molecule has 2 rings (SSSR count). The Morgan fingerprint density at radius 2 is 2.09 bits per heavy atom. The summed E-state index contributed by atoms with van der Waals surface area (Å²) in [5.74, 6) is 0.596. The van der Waals surface area contributed by atoms with Gasteiger partial charge in [-0.2, -0.15) is 0 Å². The highest BCUT2D eigenvalue weighted by Crippen LogP contribution is 2.16. The van der Waals surface area contributed by atoms with E-state index >= 15 is 0 Å². The highest BCUT2D eigenvalue weighted by atomic mass is 32.2. The lowest BCUT2D eigenvalue weighted by molar-refractivity contribution is 0.124. The van der Waals surface area contributed by atoms with Gasteiger partial charge in [0.15, 0.2) is 9.84 Å². The molecular formula is C14H20N2O5S. The van der Waals surface area contributed by atoms with Crippen molar-refractivity contribution in [3.05, 3.63) is 24.3 Å². The largest absolute Gasteiger partial charge is 0.494 e. The van der Waals surface area contributed by atoms with Crippen LogP contribution in [-0.4, -0.2) is 63.1 Å². The van der Waals surface area contributed by atoms with Crippen molar-refractivity contribution in [2.45, 2.75) is 17.4 Å². The van der Waals surface area contributed by atoms with E-state index in [2.05, 4.69) is 5.32 Å². The van der Waals surface area contributed by atoms with Crippen LogP contribution in [0.3, 0.4) is 0 Å². The summed E-state index contributed by atoms with van der Waals surface area (Å²) in [6.07, 6.45) is 0.937. The summed E-state index contributed by atoms with van der Waals surface area (Å²) < 4.78 is 28.3. The van der Waals surface area contributed by atoms with Gasteiger partial charge in [-0.25, -0.2) is 13.2 Å². The number of piperazine rings is 1. The number of hydrogen-bond donors (Lipinski definition) is 2. The van der Waals surface area contributed by atoms with Gasteiger partial charge in [-0.05, 0) is 30.7 Å². The Kier molecular flexibility index (Phi) is 5.25. The van der Waals surface area contributed by atoms with Crippen LogP contribution in [0.15, 0.2) is 29.2 Å². The molecule has 1 heterocycles. The number of nitrogens with zero attached hydrogens (tertiary/aromatic N) is 1. The number of ether oxygens (including phenoxy) is 1. The zero-order valence-electron chi connectivity index (χ0n) is 12.4. The second-order valence-corrected chi connectivity index (χ2v) is 7.28. The third kappa shape index (κ3) is 4.60. The maximum Gasteiger partial charge on any atom is 0.407 e. The first-order chi connectivity index (χ1) is 10.4. The Labute approximate surface area is 129 Å². The molecule has 0 aromatic heterocycles. The van der Waals surface area contributed by atoms with Crippen LogP contribution in [-0.2, 0) is 9.84 Å². The molecule has 8 heteroatoms. The molecule has 1 saturated heterocycles. The number of sulfone groups is 1. The molecule has 0 unspecified atom stereocenters. The molecule has 0 bridgehead atoms. The second kappa shape index (κ2) is 6.97. The molecule has 1 aliphatic rings. The smallest absolute Gasteiger partial charge is 0.407 e. The molecule has 1 aliphatic heterocycles. The van der Waals surface area contributed by atoms with E-state index < -0.39 is 15.9 Å². The zero-order valence-corrected chi connectivity index (χ0v) is 13.2. The molecule has 122 valence electrons. The van der Waals surface area contributed by atoms with Gasteiger partial charge in [0.1, 0.15) is 5.75 Å². The summed E-state index contributed by atoms with van der Waals surface area (Å²) in [5, 5.41) is 12.2. The van der Waals surface area contributed by atoms with Crippen LogP contribution < -0.4 is 10.1 Å². The third-order valence-corrected chi connectivity index (χ3v) is 4.64. The van der Waals surface area contributed by atoms with Crippen molar-refractivity contribution in [1.29, 1.82) is 0 Å². The number of rotatable bonds is 5. The van der Waals surface area contributed by atoms with Crippen LogP contribution in [0.25, 0.3) is 0 Å². The number of hydrogen-bond acceptors (Lipinski definition) is 5. The van der Waals surface area contributed by atoms with Crippen LogP contribution in [0.2, 0.25) is 0 Å². The van der Waals surface area contributed by atoms with Crippen molar-refractivity contribution in [3.63, 3.8) is 0 Å². The molecule has 1 amide bonds. The Morgan fingerprint density at radius 1 is 1.41 bits per heavy atom. The van der Waals surface area contributed by atoms with E-state index in [-0.39, 0.29) is 10.9 Å². The SMILES string of the molecule is CS(=O)(=O)c1ccc(OCC[C@@H]2CN(C(=O)O)CCN2)cc1. The molecule has 0 spiro atoms. The molecule has 7 nitrogen and oxygen atoms in total. The average molecular weight is 328 g/mol. The summed E-state index contributed by atoms with van der Waals surface area (Å²) in [7, 11) is -3.20. The second-order valence-electron chi connectivity index (χ2n) is 5.26. The molecule has 1 aromatic rings. The summed E-state index contributed by atoms with van der Waals surface area (Å²) >= 11 is 0. The fourth-order valence-electron chi connectivity index (χ4n) is 2.29. The Bertz CT molecular complexity index is 615. The highest BCUT2D eigenvalue weighted by Gasteiger charge is 2.22. The van der Waals surface area contributed by atoms with Crippen LogP contribution in [0, 0.1) is 0 Å². The fourth-order valence-corrected chi connectivity index (χ4v) is 2.93. The van der Waals surface area contributed by atoms with E-state index in [4.69, 9.17) is 9.84 Å². The lowest BCUT2D eigenvalue weighted by Gasteiger charge is -2.31. The molecule has 1 atom stereocenters.